The third-order valence-electron chi connectivity index (χ3n) is 7.15. The molecule has 9 nitrogen and oxygen atoms in total. The molecule has 0 bridgehead atoms. The van der Waals surface area contributed by atoms with Gasteiger partial charge >= 0.3 is 5.69 Å². The first-order valence-electron chi connectivity index (χ1n) is 12.0. The lowest BCUT2D eigenvalue weighted by atomic mass is 10.0. The number of hydrogen-bond acceptors (Lipinski definition) is 6. The van der Waals surface area contributed by atoms with E-state index in [-0.39, 0.29) is 39.4 Å². The quantitative estimate of drug-likeness (QED) is 0.313. The Morgan fingerprint density at radius 3 is 2.28 bits per heavy atom. The molecule has 0 saturated heterocycles. The van der Waals surface area contributed by atoms with Crippen LogP contribution in [0, 0.1) is 16.3 Å². The SMILES string of the molecule is CCS(=O)(=O)C(C)(C)c1cccc(-n2c(=O)n(C)c(=O)c3c(Nc4ccc(I)cc4F)n(C)c(=O)c(C)c32)c1. The molecule has 1 N–H and O–H groups in total. The molecular weight excluding hydrogens is 638 g/mol. The van der Waals surface area contributed by atoms with Crippen molar-refractivity contribution in [2.45, 2.75) is 32.4 Å². The molecule has 12 heteroatoms. The highest BCUT2D eigenvalue weighted by Crippen LogP contribution is 2.32. The average Bonchev–Trinajstić information content (AvgIpc) is 2.89. The van der Waals surface area contributed by atoms with Gasteiger partial charge in [-0.15, -0.1) is 0 Å². The van der Waals surface area contributed by atoms with Crippen LogP contribution in [0.2, 0.25) is 0 Å². The van der Waals surface area contributed by atoms with E-state index in [0.29, 0.717) is 9.13 Å². The molecule has 2 aromatic heterocycles. The molecule has 0 spiro atoms. The Hall–Kier alpha value is -3.26. The van der Waals surface area contributed by atoms with Crippen molar-refractivity contribution in [1.82, 2.24) is 13.7 Å². The van der Waals surface area contributed by atoms with E-state index in [1.807, 2.05) is 22.6 Å². The monoisotopic (exact) mass is 666 g/mol. The number of halogens is 2. The largest absolute Gasteiger partial charge is 0.338 e. The Kier molecular flexibility index (Phi) is 7.40. The van der Waals surface area contributed by atoms with Crippen LogP contribution in [0.1, 0.15) is 31.9 Å². The molecule has 0 aliphatic carbocycles. The fourth-order valence-electron chi connectivity index (χ4n) is 4.57. The summed E-state index contributed by atoms with van der Waals surface area (Å²) in [5, 5.41) is 2.89. The molecule has 0 aliphatic heterocycles. The Morgan fingerprint density at radius 2 is 1.67 bits per heavy atom. The molecule has 0 amide bonds. The van der Waals surface area contributed by atoms with Crippen molar-refractivity contribution in [3.05, 3.63) is 94.2 Å². The second kappa shape index (κ2) is 10.0. The van der Waals surface area contributed by atoms with Crippen molar-refractivity contribution in [3.8, 4) is 5.69 Å². The zero-order valence-electron chi connectivity index (χ0n) is 22.3. The van der Waals surface area contributed by atoms with Gasteiger partial charge in [0, 0.05) is 29.0 Å². The Labute approximate surface area is 238 Å². The number of anilines is 2. The number of aromatic nitrogens is 3. The van der Waals surface area contributed by atoms with Gasteiger partial charge in [-0.1, -0.05) is 19.1 Å². The summed E-state index contributed by atoms with van der Waals surface area (Å²) in [6, 6.07) is 10.9. The summed E-state index contributed by atoms with van der Waals surface area (Å²) in [5.41, 5.74) is -0.954. The maximum atomic E-state index is 14.8. The molecule has 206 valence electrons. The lowest BCUT2D eigenvalue weighted by molar-refractivity contribution is 0.556. The van der Waals surface area contributed by atoms with E-state index >= 15 is 0 Å². The zero-order chi connectivity index (χ0) is 29.0. The summed E-state index contributed by atoms with van der Waals surface area (Å²) < 4.78 is 43.2. The minimum Gasteiger partial charge on any atom is -0.338 e. The predicted molar refractivity (Wildman–Crippen MR) is 160 cm³/mol. The molecule has 0 unspecified atom stereocenters. The van der Waals surface area contributed by atoms with E-state index in [0.717, 1.165) is 4.57 Å². The second-order valence-electron chi connectivity index (χ2n) is 9.76. The predicted octanol–water partition coefficient (Wildman–Crippen LogP) is 3.85. The van der Waals surface area contributed by atoms with Crippen LogP contribution in [-0.2, 0) is 28.7 Å². The van der Waals surface area contributed by atoms with Crippen molar-refractivity contribution < 1.29 is 12.8 Å². The van der Waals surface area contributed by atoms with Gasteiger partial charge in [0.15, 0.2) is 9.84 Å². The third kappa shape index (κ3) is 4.62. The highest BCUT2D eigenvalue weighted by atomic mass is 127. The fraction of sp³-hybridized carbons (Fsp3) is 0.296. The second-order valence-corrected chi connectivity index (χ2v) is 13.8. The smallest absolute Gasteiger partial charge is 0.335 e. The number of pyridine rings is 1. The maximum absolute atomic E-state index is 14.8. The minimum atomic E-state index is -3.53. The molecule has 0 aliphatic rings. The Morgan fingerprint density at radius 1 is 1.00 bits per heavy atom. The maximum Gasteiger partial charge on any atom is 0.335 e. The number of nitrogens with one attached hydrogen (secondary N) is 1. The minimum absolute atomic E-state index is 0.000456. The highest BCUT2D eigenvalue weighted by molar-refractivity contribution is 14.1. The number of sulfone groups is 1. The standard InChI is InChI=1S/C27H28FIN4O5S/c1-7-39(37,38)27(3,4)16-9-8-10-18(13-16)33-22-15(2)24(34)31(5)23(21(22)25(35)32(6)26(33)36)30-20-12-11-17(29)14-19(20)28/h8-14,30H,7H2,1-6H3. The van der Waals surface area contributed by atoms with Crippen LogP contribution < -0.4 is 22.1 Å². The van der Waals surface area contributed by atoms with Gasteiger partial charge in [-0.2, -0.15) is 0 Å². The van der Waals surface area contributed by atoms with Gasteiger partial charge in [0.1, 0.15) is 17.0 Å². The Bertz CT molecular complexity index is 1940. The molecule has 2 aromatic carbocycles. The molecular formula is C27H28FIN4O5S. The molecule has 2 heterocycles. The van der Waals surface area contributed by atoms with E-state index in [4.69, 9.17) is 0 Å². The van der Waals surface area contributed by atoms with E-state index in [2.05, 4.69) is 5.32 Å². The van der Waals surface area contributed by atoms with Gasteiger partial charge in [0.2, 0.25) is 0 Å². The van der Waals surface area contributed by atoms with Crippen molar-refractivity contribution >= 4 is 54.8 Å². The van der Waals surface area contributed by atoms with E-state index < -0.39 is 37.2 Å². The number of fused-ring (bicyclic) bond motifs is 1. The van der Waals surface area contributed by atoms with E-state index in [1.165, 1.54) is 42.3 Å². The van der Waals surface area contributed by atoms with Crippen LogP contribution in [0.5, 0.6) is 0 Å². The number of benzene rings is 2. The van der Waals surface area contributed by atoms with Gasteiger partial charge in [0.25, 0.3) is 11.1 Å². The third-order valence-corrected chi connectivity index (χ3v) is 10.4. The van der Waals surface area contributed by atoms with Crippen molar-refractivity contribution in [2.75, 3.05) is 11.1 Å². The average molecular weight is 667 g/mol. The van der Waals surface area contributed by atoms with Gasteiger partial charge in [0.05, 0.1) is 21.6 Å². The summed E-state index contributed by atoms with van der Waals surface area (Å²) >= 11 is 1.97. The van der Waals surface area contributed by atoms with Crippen LogP contribution in [0.25, 0.3) is 16.6 Å². The molecule has 0 radical (unpaired) electrons. The summed E-state index contributed by atoms with van der Waals surface area (Å²) in [6.07, 6.45) is 0. The molecule has 4 rings (SSSR count). The summed E-state index contributed by atoms with van der Waals surface area (Å²) in [6.45, 7) is 6.25. The number of rotatable bonds is 6. The lowest BCUT2D eigenvalue weighted by Crippen LogP contribution is -2.40. The first-order valence-corrected chi connectivity index (χ1v) is 14.8. The molecule has 0 saturated carbocycles. The van der Waals surface area contributed by atoms with Crippen LogP contribution >= 0.6 is 22.6 Å². The van der Waals surface area contributed by atoms with Gasteiger partial charge in [-0.3, -0.25) is 23.3 Å². The van der Waals surface area contributed by atoms with Crippen LogP contribution in [0.4, 0.5) is 15.9 Å². The number of nitrogens with zero attached hydrogens (tertiary/aromatic N) is 3. The first kappa shape index (κ1) is 28.7. The summed E-state index contributed by atoms with van der Waals surface area (Å²) in [4.78, 5) is 40.4. The van der Waals surface area contributed by atoms with Gasteiger partial charge in [-0.05, 0) is 79.3 Å². The van der Waals surface area contributed by atoms with Crippen molar-refractivity contribution in [1.29, 1.82) is 0 Å². The van der Waals surface area contributed by atoms with Crippen LogP contribution in [0.3, 0.4) is 0 Å². The fourth-order valence-corrected chi connectivity index (χ4v) is 6.23. The highest BCUT2D eigenvalue weighted by Gasteiger charge is 2.35. The number of aryl methyl sites for hydroxylation is 1. The van der Waals surface area contributed by atoms with Crippen LogP contribution in [-0.4, -0.2) is 27.9 Å². The molecule has 0 atom stereocenters. The number of hydrogen-bond donors (Lipinski definition) is 1. The van der Waals surface area contributed by atoms with Crippen molar-refractivity contribution in [2.24, 2.45) is 14.1 Å². The van der Waals surface area contributed by atoms with Gasteiger partial charge in [-0.25, -0.2) is 17.6 Å². The zero-order valence-corrected chi connectivity index (χ0v) is 25.3. The Balaban J connectivity index is 2.13. The lowest BCUT2D eigenvalue weighted by Gasteiger charge is -2.26. The molecule has 4 aromatic rings. The van der Waals surface area contributed by atoms with Crippen molar-refractivity contribution in [3.63, 3.8) is 0 Å². The summed E-state index contributed by atoms with van der Waals surface area (Å²) in [7, 11) is -0.763. The van der Waals surface area contributed by atoms with Crippen LogP contribution in [0.15, 0.2) is 56.8 Å². The van der Waals surface area contributed by atoms with E-state index in [9.17, 15) is 27.2 Å². The summed E-state index contributed by atoms with van der Waals surface area (Å²) in [5.74, 6) is -0.646. The first-order chi connectivity index (χ1) is 18.1. The van der Waals surface area contributed by atoms with E-state index in [1.54, 1.807) is 51.1 Å². The molecule has 0 fully saturated rings. The van der Waals surface area contributed by atoms with Gasteiger partial charge < -0.3 is 5.32 Å². The molecule has 39 heavy (non-hydrogen) atoms. The topological polar surface area (TPSA) is 112 Å². The normalized spacial score (nSPS) is 12.2.